The van der Waals surface area contributed by atoms with Gasteiger partial charge in [-0.2, -0.15) is 0 Å². The zero-order valence-electron chi connectivity index (χ0n) is 10.2. The topological polar surface area (TPSA) is 78.4 Å². The summed E-state index contributed by atoms with van der Waals surface area (Å²) in [6.07, 6.45) is 0. The summed E-state index contributed by atoms with van der Waals surface area (Å²) in [7, 11) is 0. The van der Waals surface area contributed by atoms with Crippen molar-refractivity contribution in [3.63, 3.8) is 0 Å². The molecule has 0 saturated heterocycles. The molecule has 0 heterocycles. The lowest BCUT2D eigenvalue weighted by Crippen LogP contribution is -2.00. The van der Waals surface area contributed by atoms with E-state index in [4.69, 9.17) is 10.5 Å². The average Bonchev–Trinajstić information content (AvgIpc) is 2.36. The number of hydrogen-bond donors (Lipinski definition) is 1. The zero-order valence-corrected chi connectivity index (χ0v) is 11.8. The molecular weight excluding hydrogens is 331 g/mol. The van der Waals surface area contributed by atoms with Gasteiger partial charge >= 0.3 is 0 Å². The average molecular weight is 341 g/mol. The number of ether oxygens (including phenoxy) is 1. The first-order valence-electron chi connectivity index (χ1n) is 5.57. The monoisotopic (exact) mass is 340 g/mol. The van der Waals surface area contributed by atoms with E-state index in [1.807, 2.05) is 0 Å². The number of nitrogens with two attached hydrogens (primary N) is 1. The predicted molar refractivity (Wildman–Crippen MR) is 75.9 cm³/mol. The van der Waals surface area contributed by atoms with E-state index in [0.29, 0.717) is 15.8 Å². The molecule has 0 radical (unpaired) electrons. The molecule has 0 amide bonds. The highest BCUT2D eigenvalue weighted by Gasteiger charge is 2.12. The Morgan fingerprint density at radius 2 is 2.05 bits per heavy atom. The van der Waals surface area contributed by atoms with Crippen LogP contribution in [0, 0.1) is 15.9 Å². The summed E-state index contributed by atoms with van der Waals surface area (Å²) in [6, 6.07) is 8.55. The lowest BCUT2D eigenvalue weighted by Gasteiger charge is -2.07. The second-order valence-corrected chi connectivity index (χ2v) is 4.96. The van der Waals surface area contributed by atoms with Crippen LogP contribution in [0.2, 0.25) is 0 Å². The third-order valence-corrected chi connectivity index (χ3v) is 2.99. The maximum absolute atomic E-state index is 13.2. The first kappa shape index (κ1) is 14.3. The van der Waals surface area contributed by atoms with E-state index in [2.05, 4.69) is 15.9 Å². The van der Waals surface area contributed by atoms with E-state index in [1.54, 1.807) is 12.1 Å². The first-order chi connectivity index (χ1) is 9.45. The Balaban J connectivity index is 2.14. The van der Waals surface area contributed by atoms with Crippen LogP contribution in [0.15, 0.2) is 40.9 Å². The van der Waals surface area contributed by atoms with Crippen LogP contribution in [0.4, 0.5) is 15.8 Å². The van der Waals surface area contributed by atoms with Crippen molar-refractivity contribution in [2.45, 2.75) is 6.61 Å². The quantitative estimate of drug-likeness (QED) is 0.523. The van der Waals surface area contributed by atoms with Crippen molar-refractivity contribution in [3.8, 4) is 5.75 Å². The molecule has 7 heteroatoms. The highest BCUT2D eigenvalue weighted by atomic mass is 79.9. The molecule has 2 aromatic rings. The van der Waals surface area contributed by atoms with E-state index in [1.165, 1.54) is 24.3 Å². The Kier molecular flexibility index (Phi) is 4.19. The van der Waals surface area contributed by atoms with Crippen LogP contribution in [0.3, 0.4) is 0 Å². The van der Waals surface area contributed by atoms with Gasteiger partial charge in [0.15, 0.2) is 0 Å². The van der Waals surface area contributed by atoms with Crippen molar-refractivity contribution in [3.05, 3.63) is 62.4 Å². The Labute approximate surface area is 122 Å². The molecule has 2 N–H and O–H groups in total. The lowest BCUT2D eigenvalue weighted by atomic mass is 10.2. The van der Waals surface area contributed by atoms with Crippen LogP contribution in [-0.4, -0.2) is 4.92 Å². The van der Waals surface area contributed by atoms with E-state index in [0.717, 1.165) is 0 Å². The standard InChI is InChI=1S/C13H10BrFN2O3/c14-9-4-10(15)6-11(5-9)20-7-8-1-2-12(16)13(3-8)17(18)19/h1-6H,7,16H2. The molecule has 2 rings (SSSR count). The van der Waals surface area contributed by atoms with Gasteiger partial charge in [0, 0.05) is 16.6 Å². The number of nitro groups is 1. The number of nitrogen functional groups attached to an aromatic ring is 1. The smallest absolute Gasteiger partial charge is 0.292 e. The normalized spacial score (nSPS) is 10.3. The number of halogens is 2. The molecular formula is C13H10BrFN2O3. The highest BCUT2D eigenvalue weighted by Crippen LogP contribution is 2.24. The second-order valence-electron chi connectivity index (χ2n) is 4.04. The number of nitro benzene ring substituents is 1. The maximum Gasteiger partial charge on any atom is 0.292 e. The predicted octanol–water partition coefficient (Wildman–Crippen LogP) is 3.66. The number of nitrogens with zero attached hydrogens (tertiary/aromatic N) is 1. The van der Waals surface area contributed by atoms with Gasteiger partial charge in [0.2, 0.25) is 0 Å². The third kappa shape index (κ3) is 3.45. The van der Waals surface area contributed by atoms with Crippen LogP contribution in [-0.2, 0) is 6.61 Å². The van der Waals surface area contributed by atoms with Crippen LogP contribution in [0.5, 0.6) is 5.75 Å². The summed E-state index contributed by atoms with van der Waals surface area (Å²) in [4.78, 5) is 10.2. The minimum atomic E-state index is -0.558. The molecule has 0 fully saturated rings. The van der Waals surface area contributed by atoms with Gasteiger partial charge in [-0.1, -0.05) is 22.0 Å². The minimum Gasteiger partial charge on any atom is -0.489 e. The summed E-state index contributed by atoms with van der Waals surface area (Å²) >= 11 is 3.15. The largest absolute Gasteiger partial charge is 0.489 e. The van der Waals surface area contributed by atoms with Gasteiger partial charge in [-0.15, -0.1) is 0 Å². The molecule has 0 aliphatic carbocycles. The summed E-state index contributed by atoms with van der Waals surface area (Å²) < 4.78 is 19.1. The first-order valence-corrected chi connectivity index (χ1v) is 6.36. The fourth-order valence-electron chi connectivity index (χ4n) is 1.62. The van der Waals surface area contributed by atoms with E-state index >= 15 is 0 Å². The van der Waals surface area contributed by atoms with Gasteiger partial charge in [-0.05, 0) is 23.8 Å². The molecule has 104 valence electrons. The van der Waals surface area contributed by atoms with Gasteiger partial charge < -0.3 is 10.5 Å². The molecule has 0 bridgehead atoms. The summed E-state index contributed by atoms with van der Waals surface area (Å²) in [5.74, 6) is -0.103. The zero-order chi connectivity index (χ0) is 14.7. The van der Waals surface area contributed by atoms with Crippen LogP contribution in [0.25, 0.3) is 0 Å². The molecule has 0 atom stereocenters. The van der Waals surface area contributed by atoms with E-state index < -0.39 is 10.7 Å². The molecule has 0 aromatic heterocycles. The highest BCUT2D eigenvalue weighted by molar-refractivity contribution is 9.10. The second kappa shape index (κ2) is 5.87. The SMILES string of the molecule is Nc1ccc(COc2cc(F)cc(Br)c2)cc1[N+](=O)[O-]. The summed E-state index contributed by atoms with van der Waals surface area (Å²) in [5.41, 5.74) is 5.99. The van der Waals surface area contributed by atoms with Crippen molar-refractivity contribution in [2.75, 3.05) is 5.73 Å². The Bertz CT molecular complexity index is 644. The fourth-order valence-corrected chi connectivity index (χ4v) is 2.06. The van der Waals surface area contributed by atoms with Crippen LogP contribution < -0.4 is 10.5 Å². The van der Waals surface area contributed by atoms with Gasteiger partial charge in [-0.25, -0.2) is 4.39 Å². The molecule has 0 unspecified atom stereocenters. The Morgan fingerprint density at radius 1 is 1.30 bits per heavy atom. The molecule has 20 heavy (non-hydrogen) atoms. The maximum atomic E-state index is 13.2. The van der Waals surface area contributed by atoms with Crippen LogP contribution >= 0.6 is 15.9 Å². The van der Waals surface area contributed by atoms with Crippen molar-refractivity contribution in [2.24, 2.45) is 0 Å². The fraction of sp³-hybridized carbons (Fsp3) is 0.0769. The lowest BCUT2D eigenvalue weighted by molar-refractivity contribution is -0.384. The van der Waals surface area contributed by atoms with Crippen LogP contribution in [0.1, 0.15) is 5.56 Å². The van der Waals surface area contributed by atoms with Gasteiger partial charge in [0.1, 0.15) is 23.9 Å². The molecule has 2 aromatic carbocycles. The van der Waals surface area contributed by atoms with Gasteiger partial charge in [0.25, 0.3) is 5.69 Å². The number of hydrogen-bond acceptors (Lipinski definition) is 4. The minimum absolute atomic E-state index is 0.0804. The summed E-state index contributed by atoms with van der Waals surface area (Å²) in [5, 5.41) is 10.8. The van der Waals surface area contributed by atoms with E-state index in [9.17, 15) is 14.5 Å². The molecule has 0 aliphatic rings. The Hall–Kier alpha value is -2.15. The third-order valence-electron chi connectivity index (χ3n) is 2.53. The molecule has 0 aliphatic heterocycles. The number of benzene rings is 2. The Morgan fingerprint density at radius 3 is 2.70 bits per heavy atom. The number of anilines is 1. The van der Waals surface area contributed by atoms with Crippen molar-refractivity contribution in [1.82, 2.24) is 0 Å². The number of rotatable bonds is 4. The van der Waals surface area contributed by atoms with Crippen molar-refractivity contribution >= 4 is 27.3 Å². The van der Waals surface area contributed by atoms with Gasteiger partial charge in [-0.3, -0.25) is 10.1 Å². The van der Waals surface area contributed by atoms with E-state index in [-0.39, 0.29) is 18.0 Å². The molecule has 5 nitrogen and oxygen atoms in total. The van der Waals surface area contributed by atoms with Crippen molar-refractivity contribution in [1.29, 1.82) is 0 Å². The molecule has 0 spiro atoms. The van der Waals surface area contributed by atoms with Gasteiger partial charge in [0.05, 0.1) is 4.92 Å². The summed E-state index contributed by atoms with van der Waals surface area (Å²) in [6.45, 7) is 0.0804. The molecule has 0 saturated carbocycles. The van der Waals surface area contributed by atoms with Crippen molar-refractivity contribution < 1.29 is 14.1 Å².